The van der Waals surface area contributed by atoms with Crippen molar-refractivity contribution in [1.29, 1.82) is 0 Å². The quantitative estimate of drug-likeness (QED) is 0.770. The number of nitrogens with one attached hydrogen (secondary N) is 2. The SMILES string of the molecule is COCCC1(CNC(=O)Nc2cnn(CC(F)F)c2)CCCC1. The molecule has 130 valence electrons. The minimum atomic E-state index is -2.47. The molecule has 0 atom stereocenters. The number of anilines is 1. The van der Waals surface area contributed by atoms with E-state index in [0.29, 0.717) is 18.8 Å². The third-order valence-corrected chi connectivity index (χ3v) is 4.34. The molecule has 2 N–H and O–H groups in total. The number of carbonyl (C=O) groups excluding carboxylic acids is 1. The van der Waals surface area contributed by atoms with Crippen LogP contribution in [0.5, 0.6) is 0 Å². The molecule has 0 unspecified atom stereocenters. The fourth-order valence-corrected chi connectivity index (χ4v) is 3.07. The number of rotatable bonds is 8. The standard InChI is InChI=1S/C15H24F2N4O2/c1-23-7-6-15(4-2-3-5-15)11-18-14(22)20-12-8-19-21(9-12)10-13(16)17/h8-9,13H,2-7,10-11H2,1H3,(H2,18,20,22). The van der Waals surface area contributed by atoms with E-state index in [1.54, 1.807) is 7.11 Å². The molecule has 0 aliphatic heterocycles. The molecule has 1 aromatic rings. The van der Waals surface area contributed by atoms with Gasteiger partial charge in [-0.3, -0.25) is 4.68 Å². The van der Waals surface area contributed by atoms with Crippen LogP contribution in [0.4, 0.5) is 19.3 Å². The van der Waals surface area contributed by atoms with E-state index in [1.165, 1.54) is 25.2 Å². The molecule has 2 rings (SSSR count). The van der Waals surface area contributed by atoms with Gasteiger partial charge in [0.1, 0.15) is 6.54 Å². The van der Waals surface area contributed by atoms with Gasteiger partial charge in [0, 0.05) is 26.5 Å². The normalized spacial score (nSPS) is 16.7. The van der Waals surface area contributed by atoms with Crippen molar-refractivity contribution in [2.75, 3.05) is 25.6 Å². The number of aromatic nitrogens is 2. The zero-order chi connectivity index (χ0) is 16.7. The molecule has 0 radical (unpaired) electrons. The average Bonchev–Trinajstić information content (AvgIpc) is 3.13. The van der Waals surface area contributed by atoms with Crippen molar-refractivity contribution in [2.45, 2.75) is 45.1 Å². The van der Waals surface area contributed by atoms with Crippen molar-refractivity contribution in [1.82, 2.24) is 15.1 Å². The molecule has 0 aromatic carbocycles. The van der Waals surface area contributed by atoms with Crippen LogP contribution in [0.15, 0.2) is 12.4 Å². The summed E-state index contributed by atoms with van der Waals surface area (Å²) in [5.41, 5.74) is 0.508. The summed E-state index contributed by atoms with van der Waals surface area (Å²) < 4.78 is 30.8. The summed E-state index contributed by atoms with van der Waals surface area (Å²) in [4.78, 5) is 12.0. The summed E-state index contributed by atoms with van der Waals surface area (Å²) in [7, 11) is 1.68. The Morgan fingerprint density at radius 2 is 2.22 bits per heavy atom. The lowest BCUT2D eigenvalue weighted by Crippen LogP contribution is -2.38. The van der Waals surface area contributed by atoms with Crippen molar-refractivity contribution in [3.8, 4) is 0 Å². The molecule has 1 saturated carbocycles. The monoisotopic (exact) mass is 330 g/mol. The summed E-state index contributed by atoms with van der Waals surface area (Å²) >= 11 is 0. The molecule has 2 amide bonds. The van der Waals surface area contributed by atoms with Crippen LogP contribution in [0, 0.1) is 5.41 Å². The molecule has 0 spiro atoms. The van der Waals surface area contributed by atoms with E-state index < -0.39 is 13.0 Å². The Balaban J connectivity index is 1.80. The number of hydrogen-bond donors (Lipinski definition) is 2. The predicted molar refractivity (Wildman–Crippen MR) is 82.6 cm³/mol. The van der Waals surface area contributed by atoms with Crippen LogP contribution < -0.4 is 10.6 Å². The lowest BCUT2D eigenvalue weighted by Gasteiger charge is -2.29. The average molecular weight is 330 g/mol. The lowest BCUT2D eigenvalue weighted by atomic mass is 9.83. The fraction of sp³-hybridized carbons (Fsp3) is 0.733. The van der Waals surface area contributed by atoms with Crippen LogP contribution in [0.3, 0.4) is 0 Å². The Labute approximate surface area is 134 Å². The van der Waals surface area contributed by atoms with E-state index in [-0.39, 0.29) is 11.4 Å². The minimum absolute atomic E-state index is 0.104. The van der Waals surface area contributed by atoms with E-state index in [4.69, 9.17) is 4.74 Å². The van der Waals surface area contributed by atoms with Crippen molar-refractivity contribution in [3.63, 3.8) is 0 Å². The molecule has 8 heteroatoms. The molecule has 0 bridgehead atoms. The highest BCUT2D eigenvalue weighted by atomic mass is 19.3. The smallest absolute Gasteiger partial charge is 0.319 e. The Bertz CT molecular complexity index is 501. The van der Waals surface area contributed by atoms with E-state index in [1.807, 2.05) is 0 Å². The summed E-state index contributed by atoms with van der Waals surface area (Å²) in [6, 6.07) is -0.342. The molecule has 6 nitrogen and oxygen atoms in total. The number of carbonyl (C=O) groups is 1. The number of halogens is 2. The first-order chi connectivity index (χ1) is 11.0. The number of ether oxygens (including phenoxy) is 1. The number of hydrogen-bond acceptors (Lipinski definition) is 3. The van der Waals surface area contributed by atoms with Gasteiger partial charge in [0.15, 0.2) is 0 Å². The Morgan fingerprint density at radius 1 is 1.48 bits per heavy atom. The van der Waals surface area contributed by atoms with Gasteiger partial charge in [-0.15, -0.1) is 0 Å². The molecule has 1 heterocycles. The zero-order valence-corrected chi connectivity index (χ0v) is 13.4. The lowest BCUT2D eigenvalue weighted by molar-refractivity contribution is 0.122. The van der Waals surface area contributed by atoms with Crippen LogP contribution in [0.25, 0.3) is 0 Å². The van der Waals surface area contributed by atoms with Crippen LogP contribution in [0.2, 0.25) is 0 Å². The second-order valence-electron chi connectivity index (χ2n) is 6.10. The number of methoxy groups -OCH3 is 1. The van der Waals surface area contributed by atoms with E-state index in [2.05, 4.69) is 15.7 Å². The second kappa shape index (κ2) is 8.24. The van der Waals surface area contributed by atoms with Gasteiger partial charge in [-0.25, -0.2) is 13.6 Å². The highest BCUT2D eigenvalue weighted by molar-refractivity contribution is 5.88. The largest absolute Gasteiger partial charge is 0.385 e. The summed E-state index contributed by atoms with van der Waals surface area (Å²) in [6.45, 7) is 0.792. The summed E-state index contributed by atoms with van der Waals surface area (Å²) in [5.74, 6) is 0. The van der Waals surface area contributed by atoms with Crippen molar-refractivity contribution in [2.24, 2.45) is 5.41 Å². The van der Waals surface area contributed by atoms with Gasteiger partial charge in [-0.2, -0.15) is 5.10 Å². The van der Waals surface area contributed by atoms with Gasteiger partial charge >= 0.3 is 6.03 Å². The summed E-state index contributed by atoms with van der Waals surface area (Å²) in [6.07, 6.45) is 5.72. The third-order valence-electron chi connectivity index (χ3n) is 4.34. The Hall–Kier alpha value is -1.70. The molecule has 23 heavy (non-hydrogen) atoms. The van der Waals surface area contributed by atoms with Gasteiger partial charge in [0.25, 0.3) is 6.43 Å². The number of amides is 2. The molecular weight excluding hydrogens is 306 g/mol. The maximum absolute atomic E-state index is 12.3. The zero-order valence-electron chi connectivity index (χ0n) is 13.4. The highest BCUT2D eigenvalue weighted by Crippen LogP contribution is 2.40. The van der Waals surface area contributed by atoms with Gasteiger partial charge in [-0.1, -0.05) is 12.8 Å². The van der Waals surface area contributed by atoms with E-state index >= 15 is 0 Å². The molecule has 1 aromatic heterocycles. The Kier molecular flexibility index (Phi) is 6.32. The van der Waals surface area contributed by atoms with E-state index in [0.717, 1.165) is 23.9 Å². The highest BCUT2D eigenvalue weighted by Gasteiger charge is 2.33. The second-order valence-corrected chi connectivity index (χ2v) is 6.10. The van der Waals surface area contributed by atoms with E-state index in [9.17, 15) is 13.6 Å². The van der Waals surface area contributed by atoms with Crippen LogP contribution in [0.1, 0.15) is 32.1 Å². The van der Waals surface area contributed by atoms with Gasteiger partial charge in [-0.05, 0) is 24.7 Å². The molecule has 1 aliphatic rings. The maximum atomic E-state index is 12.3. The topological polar surface area (TPSA) is 68.2 Å². The first-order valence-electron chi connectivity index (χ1n) is 7.87. The Morgan fingerprint density at radius 3 is 2.87 bits per heavy atom. The van der Waals surface area contributed by atoms with Gasteiger partial charge in [0.05, 0.1) is 11.9 Å². The first kappa shape index (κ1) is 17.7. The van der Waals surface area contributed by atoms with Gasteiger partial charge in [0.2, 0.25) is 0 Å². The van der Waals surface area contributed by atoms with Gasteiger partial charge < -0.3 is 15.4 Å². The predicted octanol–water partition coefficient (Wildman–Crippen LogP) is 2.87. The first-order valence-corrected chi connectivity index (χ1v) is 7.87. The van der Waals surface area contributed by atoms with Crippen molar-refractivity contribution in [3.05, 3.63) is 12.4 Å². The third kappa shape index (κ3) is 5.46. The number of nitrogens with zero attached hydrogens (tertiary/aromatic N) is 2. The van der Waals surface area contributed by atoms with Crippen molar-refractivity contribution < 1.29 is 18.3 Å². The van der Waals surface area contributed by atoms with Crippen LogP contribution in [-0.2, 0) is 11.3 Å². The number of alkyl halides is 2. The number of urea groups is 1. The van der Waals surface area contributed by atoms with Crippen LogP contribution >= 0.6 is 0 Å². The molecular formula is C15H24F2N4O2. The fourth-order valence-electron chi connectivity index (χ4n) is 3.07. The van der Waals surface area contributed by atoms with Crippen LogP contribution in [-0.4, -0.2) is 42.5 Å². The molecule has 0 saturated heterocycles. The molecule has 1 aliphatic carbocycles. The minimum Gasteiger partial charge on any atom is -0.385 e. The summed E-state index contributed by atoms with van der Waals surface area (Å²) in [5, 5.41) is 9.28. The van der Waals surface area contributed by atoms with Crippen molar-refractivity contribution >= 4 is 11.7 Å². The maximum Gasteiger partial charge on any atom is 0.319 e. The molecule has 1 fully saturated rings.